The summed E-state index contributed by atoms with van der Waals surface area (Å²) in [5, 5.41) is 8.36. The SMILES string of the molecule is O=C(O)C/C=C/C(=O)N1CCCCC1. The van der Waals surface area contributed by atoms with Crippen LogP contribution in [0.4, 0.5) is 0 Å². The van der Waals surface area contributed by atoms with Crippen molar-refractivity contribution in [3.8, 4) is 0 Å². The Kier molecular flexibility index (Phi) is 4.16. The van der Waals surface area contributed by atoms with Gasteiger partial charge in [-0.15, -0.1) is 0 Å². The number of carboxylic acids is 1. The summed E-state index contributed by atoms with van der Waals surface area (Å²) in [5.74, 6) is -0.973. The number of carbonyl (C=O) groups excluding carboxylic acids is 1. The fourth-order valence-electron chi connectivity index (χ4n) is 1.48. The number of nitrogens with zero attached hydrogens (tertiary/aromatic N) is 1. The van der Waals surface area contributed by atoms with Crippen LogP contribution >= 0.6 is 0 Å². The van der Waals surface area contributed by atoms with Crippen molar-refractivity contribution in [1.82, 2.24) is 4.90 Å². The highest BCUT2D eigenvalue weighted by atomic mass is 16.4. The molecule has 0 radical (unpaired) electrons. The summed E-state index contributed by atoms with van der Waals surface area (Å²) in [5.41, 5.74) is 0. The highest BCUT2D eigenvalue weighted by Gasteiger charge is 2.13. The molecule has 0 aromatic rings. The minimum absolute atomic E-state index is 0.0639. The first kappa shape index (κ1) is 10.8. The summed E-state index contributed by atoms with van der Waals surface area (Å²) in [6, 6.07) is 0. The van der Waals surface area contributed by atoms with E-state index in [4.69, 9.17) is 5.11 Å². The van der Waals surface area contributed by atoms with Crippen LogP contribution in [0.25, 0.3) is 0 Å². The lowest BCUT2D eigenvalue weighted by Gasteiger charge is -2.25. The van der Waals surface area contributed by atoms with Crippen molar-refractivity contribution in [3.05, 3.63) is 12.2 Å². The summed E-state index contributed by atoms with van der Waals surface area (Å²) >= 11 is 0. The fourth-order valence-corrected chi connectivity index (χ4v) is 1.48. The van der Waals surface area contributed by atoms with Gasteiger partial charge in [0, 0.05) is 13.1 Å². The van der Waals surface area contributed by atoms with Crippen molar-refractivity contribution >= 4 is 11.9 Å². The monoisotopic (exact) mass is 197 g/mol. The van der Waals surface area contributed by atoms with Crippen LogP contribution in [0.1, 0.15) is 25.7 Å². The minimum Gasteiger partial charge on any atom is -0.481 e. The second-order valence-corrected chi connectivity index (χ2v) is 3.39. The first-order chi connectivity index (χ1) is 6.70. The number of hydrogen-bond donors (Lipinski definition) is 1. The first-order valence-corrected chi connectivity index (χ1v) is 4.87. The van der Waals surface area contributed by atoms with Gasteiger partial charge in [0.05, 0.1) is 6.42 Å². The number of carboxylic acid groups (broad SMARTS) is 1. The lowest BCUT2D eigenvalue weighted by atomic mass is 10.1. The molecule has 1 saturated heterocycles. The summed E-state index contributed by atoms with van der Waals surface area (Å²) < 4.78 is 0. The number of hydrogen-bond acceptors (Lipinski definition) is 2. The van der Waals surface area contributed by atoms with Gasteiger partial charge >= 0.3 is 5.97 Å². The van der Waals surface area contributed by atoms with E-state index in [1.165, 1.54) is 18.6 Å². The summed E-state index contributed by atoms with van der Waals surface area (Å²) in [6.45, 7) is 1.60. The number of likely N-dealkylation sites (tertiary alicyclic amines) is 1. The molecule has 1 heterocycles. The normalized spacial score (nSPS) is 17.3. The molecule has 4 nitrogen and oxygen atoms in total. The lowest BCUT2D eigenvalue weighted by molar-refractivity contribution is -0.136. The molecule has 4 heteroatoms. The average molecular weight is 197 g/mol. The Bertz CT molecular complexity index is 242. The molecule has 1 rings (SSSR count). The molecule has 0 saturated carbocycles. The fraction of sp³-hybridized carbons (Fsp3) is 0.600. The molecule has 0 unspecified atom stereocenters. The molecular weight excluding hydrogens is 182 g/mol. The topological polar surface area (TPSA) is 57.6 Å². The predicted molar refractivity (Wildman–Crippen MR) is 51.8 cm³/mol. The van der Waals surface area contributed by atoms with Crippen LogP contribution in [-0.2, 0) is 9.59 Å². The van der Waals surface area contributed by atoms with Crippen LogP contribution < -0.4 is 0 Å². The van der Waals surface area contributed by atoms with Crippen molar-refractivity contribution in [2.45, 2.75) is 25.7 Å². The van der Waals surface area contributed by atoms with Crippen molar-refractivity contribution < 1.29 is 14.7 Å². The van der Waals surface area contributed by atoms with Gasteiger partial charge in [0.1, 0.15) is 0 Å². The van der Waals surface area contributed by atoms with E-state index in [0.717, 1.165) is 25.9 Å². The molecule has 1 N–H and O–H groups in total. The molecule has 1 aliphatic heterocycles. The van der Waals surface area contributed by atoms with Crippen molar-refractivity contribution in [3.63, 3.8) is 0 Å². The van der Waals surface area contributed by atoms with E-state index in [0.29, 0.717) is 0 Å². The molecule has 1 aliphatic rings. The molecule has 0 spiro atoms. The number of aliphatic carboxylic acids is 1. The molecule has 0 aromatic carbocycles. The van der Waals surface area contributed by atoms with E-state index in [1.54, 1.807) is 4.90 Å². The lowest BCUT2D eigenvalue weighted by Crippen LogP contribution is -2.34. The van der Waals surface area contributed by atoms with Crippen LogP contribution in [0.2, 0.25) is 0 Å². The van der Waals surface area contributed by atoms with Crippen LogP contribution in [0.3, 0.4) is 0 Å². The van der Waals surface area contributed by atoms with Gasteiger partial charge in [0.25, 0.3) is 0 Å². The third kappa shape index (κ3) is 3.60. The Morgan fingerprint density at radius 3 is 2.43 bits per heavy atom. The van der Waals surface area contributed by atoms with Gasteiger partial charge in [-0.3, -0.25) is 9.59 Å². The van der Waals surface area contributed by atoms with Gasteiger partial charge in [-0.05, 0) is 25.3 Å². The van der Waals surface area contributed by atoms with Gasteiger partial charge in [0.2, 0.25) is 5.91 Å². The zero-order valence-corrected chi connectivity index (χ0v) is 8.11. The third-order valence-corrected chi connectivity index (χ3v) is 2.22. The largest absolute Gasteiger partial charge is 0.481 e. The number of piperidine rings is 1. The number of rotatable bonds is 3. The van der Waals surface area contributed by atoms with E-state index in [-0.39, 0.29) is 12.3 Å². The highest BCUT2D eigenvalue weighted by molar-refractivity contribution is 5.88. The molecule has 0 bridgehead atoms. The van der Waals surface area contributed by atoms with Gasteiger partial charge in [-0.2, -0.15) is 0 Å². The van der Waals surface area contributed by atoms with E-state index < -0.39 is 5.97 Å². The van der Waals surface area contributed by atoms with Crippen molar-refractivity contribution in [2.24, 2.45) is 0 Å². The van der Waals surface area contributed by atoms with Gasteiger partial charge in [-0.25, -0.2) is 0 Å². The van der Waals surface area contributed by atoms with Crippen molar-refractivity contribution in [2.75, 3.05) is 13.1 Å². The highest BCUT2D eigenvalue weighted by Crippen LogP contribution is 2.08. The summed E-state index contributed by atoms with van der Waals surface area (Å²) in [7, 11) is 0. The summed E-state index contributed by atoms with van der Waals surface area (Å²) in [4.78, 5) is 23.4. The van der Waals surface area contributed by atoms with Crippen LogP contribution in [0.5, 0.6) is 0 Å². The molecule has 0 atom stereocenters. The first-order valence-electron chi connectivity index (χ1n) is 4.87. The number of amides is 1. The van der Waals surface area contributed by atoms with Gasteiger partial charge in [-0.1, -0.05) is 6.08 Å². The molecule has 1 amide bonds. The molecule has 14 heavy (non-hydrogen) atoms. The average Bonchev–Trinajstić information content (AvgIpc) is 2.18. The zero-order valence-electron chi connectivity index (χ0n) is 8.11. The molecule has 78 valence electrons. The molecule has 0 aliphatic carbocycles. The standard InChI is InChI=1S/C10H15NO3/c12-9(5-4-6-10(13)14)11-7-2-1-3-8-11/h4-5H,1-3,6-8H2,(H,13,14)/b5-4+. The van der Waals surface area contributed by atoms with Crippen molar-refractivity contribution in [1.29, 1.82) is 0 Å². The van der Waals surface area contributed by atoms with Crippen LogP contribution in [-0.4, -0.2) is 35.0 Å². The van der Waals surface area contributed by atoms with E-state index in [2.05, 4.69) is 0 Å². The maximum absolute atomic E-state index is 11.4. The summed E-state index contributed by atoms with van der Waals surface area (Å²) in [6.07, 6.45) is 5.97. The van der Waals surface area contributed by atoms with E-state index in [1.807, 2.05) is 0 Å². The quantitative estimate of drug-likeness (QED) is 0.687. The smallest absolute Gasteiger partial charge is 0.307 e. The second kappa shape index (κ2) is 5.42. The Morgan fingerprint density at radius 2 is 1.86 bits per heavy atom. The molecule has 0 aromatic heterocycles. The zero-order chi connectivity index (χ0) is 10.4. The van der Waals surface area contributed by atoms with E-state index >= 15 is 0 Å². The number of carbonyl (C=O) groups is 2. The maximum Gasteiger partial charge on any atom is 0.307 e. The minimum atomic E-state index is -0.910. The Hall–Kier alpha value is -1.32. The van der Waals surface area contributed by atoms with Crippen LogP contribution in [0, 0.1) is 0 Å². The molecular formula is C10H15NO3. The van der Waals surface area contributed by atoms with E-state index in [9.17, 15) is 9.59 Å². The Morgan fingerprint density at radius 1 is 1.21 bits per heavy atom. The maximum atomic E-state index is 11.4. The third-order valence-electron chi connectivity index (χ3n) is 2.22. The Balaban J connectivity index is 2.32. The molecule has 1 fully saturated rings. The second-order valence-electron chi connectivity index (χ2n) is 3.39. The predicted octanol–water partition coefficient (Wildman–Crippen LogP) is 1.03. The Labute approximate surface area is 83.2 Å². The van der Waals surface area contributed by atoms with Gasteiger partial charge in [0.15, 0.2) is 0 Å². The van der Waals surface area contributed by atoms with Gasteiger partial charge < -0.3 is 10.0 Å². The van der Waals surface area contributed by atoms with Crippen LogP contribution in [0.15, 0.2) is 12.2 Å².